The maximum absolute atomic E-state index is 5.40. The number of nitrogens with zero attached hydrogens (tertiary/aromatic N) is 2. The molecule has 126 valence electrons. The fourth-order valence-corrected chi connectivity index (χ4v) is 2.41. The molecular formula is C18H22N4O2. The molecular weight excluding hydrogens is 304 g/mol. The molecule has 0 atom stereocenters. The number of nitrogens with one attached hydrogen (secondary N) is 2. The fraction of sp³-hybridized carbons (Fsp3) is 0.333. The van der Waals surface area contributed by atoms with E-state index in [4.69, 9.17) is 9.47 Å². The number of guanidine groups is 1. The van der Waals surface area contributed by atoms with Gasteiger partial charge < -0.3 is 20.1 Å². The van der Waals surface area contributed by atoms with Gasteiger partial charge in [0.1, 0.15) is 0 Å². The van der Waals surface area contributed by atoms with Crippen molar-refractivity contribution in [2.45, 2.75) is 19.9 Å². The van der Waals surface area contributed by atoms with Gasteiger partial charge in [-0.1, -0.05) is 12.1 Å². The normalized spacial score (nSPS) is 13.0. The third kappa shape index (κ3) is 4.38. The molecule has 1 aromatic heterocycles. The maximum Gasteiger partial charge on any atom is 0.231 e. The number of rotatable bonds is 6. The lowest BCUT2D eigenvalue weighted by Gasteiger charge is -2.11. The molecule has 0 bridgehead atoms. The van der Waals surface area contributed by atoms with Crippen molar-refractivity contribution in [3.05, 3.63) is 53.9 Å². The molecule has 0 spiro atoms. The van der Waals surface area contributed by atoms with E-state index in [1.807, 2.05) is 42.6 Å². The Balaban J connectivity index is 1.55. The van der Waals surface area contributed by atoms with Crippen molar-refractivity contribution in [3.8, 4) is 11.5 Å². The van der Waals surface area contributed by atoms with E-state index in [0.29, 0.717) is 13.3 Å². The van der Waals surface area contributed by atoms with Gasteiger partial charge in [-0.25, -0.2) is 4.99 Å². The zero-order valence-electron chi connectivity index (χ0n) is 13.8. The zero-order valence-corrected chi connectivity index (χ0v) is 13.8. The molecule has 2 heterocycles. The molecule has 3 rings (SSSR count). The molecule has 6 nitrogen and oxygen atoms in total. The summed E-state index contributed by atoms with van der Waals surface area (Å²) in [4.78, 5) is 8.94. The number of hydrogen-bond donors (Lipinski definition) is 2. The summed E-state index contributed by atoms with van der Waals surface area (Å²) in [7, 11) is 0. The van der Waals surface area contributed by atoms with Crippen molar-refractivity contribution in [1.82, 2.24) is 15.6 Å². The highest BCUT2D eigenvalue weighted by Crippen LogP contribution is 2.32. The number of aliphatic imine (C=N–C) groups is 1. The third-order valence-electron chi connectivity index (χ3n) is 3.60. The molecule has 2 N–H and O–H groups in total. The summed E-state index contributed by atoms with van der Waals surface area (Å²) in [6.45, 7) is 4.52. The van der Waals surface area contributed by atoms with E-state index in [2.05, 4.69) is 27.5 Å². The lowest BCUT2D eigenvalue weighted by molar-refractivity contribution is 0.174. The summed E-state index contributed by atoms with van der Waals surface area (Å²) in [6.07, 6.45) is 2.67. The molecule has 0 radical (unpaired) electrons. The van der Waals surface area contributed by atoms with E-state index in [1.54, 1.807) is 0 Å². The molecule has 0 fully saturated rings. The van der Waals surface area contributed by atoms with Gasteiger partial charge in [0.05, 0.1) is 6.54 Å². The average Bonchev–Trinajstić information content (AvgIpc) is 3.08. The van der Waals surface area contributed by atoms with Crippen LogP contribution in [-0.2, 0) is 13.0 Å². The van der Waals surface area contributed by atoms with Gasteiger partial charge in [-0.05, 0) is 36.8 Å². The minimum atomic E-state index is 0.291. The molecule has 1 aromatic carbocycles. The smallest absolute Gasteiger partial charge is 0.231 e. The van der Waals surface area contributed by atoms with Gasteiger partial charge in [0.25, 0.3) is 0 Å². The summed E-state index contributed by atoms with van der Waals surface area (Å²) in [5.41, 5.74) is 2.15. The summed E-state index contributed by atoms with van der Waals surface area (Å²) in [6, 6.07) is 11.9. The first-order valence-corrected chi connectivity index (χ1v) is 8.16. The first-order valence-electron chi connectivity index (χ1n) is 8.16. The van der Waals surface area contributed by atoms with Gasteiger partial charge in [-0.3, -0.25) is 4.98 Å². The van der Waals surface area contributed by atoms with E-state index in [1.165, 1.54) is 0 Å². The molecule has 0 amide bonds. The SMILES string of the molecule is CCNC(=NCc1ccc2c(c1)OCO2)NCCc1ccccn1. The lowest BCUT2D eigenvalue weighted by Crippen LogP contribution is -2.38. The minimum Gasteiger partial charge on any atom is -0.454 e. The van der Waals surface area contributed by atoms with Gasteiger partial charge in [-0.2, -0.15) is 0 Å². The summed E-state index contributed by atoms with van der Waals surface area (Å²) in [5.74, 6) is 2.38. The molecule has 2 aromatic rings. The molecule has 6 heteroatoms. The van der Waals surface area contributed by atoms with Crippen molar-refractivity contribution < 1.29 is 9.47 Å². The number of ether oxygens (including phenoxy) is 2. The molecule has 0 saturated carbocycles. The number of aromatic nitrogens is 1. The van der Waals surface area contributed by atoms with Crippen LogP contribution < -0.4 is 20.1 Å². The van der Waals surface area contributed by atoms with Crippen LogP contribution in [0.25, 0.3) is 0 Å². The number of benzene rings is 1. The summed E-state index contributed by atoms with van der Waals surface area (Å²) in [5, 5.41) is 6.59. The van der Waals surface area contributed by atoms with Crippen molar-refractivity contribution in [2.75, 3.05) is 19.9 Å². The van der Waals surface area contributed by atoms with Crippen LogP contribution in [0, 0.1) is 0 Å². The highest BCUT2D eigenvalue weighted by molar-refractivity contribution is 5.79. The van der Waals surface area contributed by atoms with Crippen LogP contribution in [0.5, 0.6) is 11.5 Å². The first kappa shape index (κ1) is 16.1. The van der Waals surface area contributed by atoms with Crippen LogP contribution in [-0.4, -0.2) is 30.8 Å². The Morgan fingerprint density at radius 3 is 2.92 bits per heavy atom. The van der Waals surface area contributed by atoms with Gasteiger partial charge in [0, 0.05) is 31.4 Å². The second kappa shape index (κ2) is 8.19. The largest absolute Gasteiger partial charge is 0.454 e. The predicted octanol–water partition coefficient (Wildman–Crippen LogP) is 2.11. The van der Waals surface area contributed by atoms with Crippen LogP contribution in [0.3, 0.4) is 0 Å². The molecule has 1 aliphatic heterocycles. The molecule has 0 saturated heterocycles. The molecule has 0 unspecified atom stereocenters. The van der Waals surface area contributed by atoms with Gasteiger partial charge in [0.15, 0.2) is 17.5 Å². The van der Waals surface area contributed by atoms with Crippen LogP contribution in [0.2, 0.25) is 0 Å². The van der Waals surface area contributed by atoms with Crippen LogP contribution in [0.1, 0.15) is 18.2 Å². The zero-order chi connectivity index (χ0) is 16.6. The lowest BCUT2D eigenvalue weighted by atomic mass is 10.2. The van der Waals surface area contributed by atoms with Gasteiger partial charge >= 0.3 is 0 Å². The van der Waals surface area contributed by atoms with Gasteiger partial charge in [0.2, 0.25) is 6.79 Å². The second-order valence-corrected chi connectivity index (χ2v) is 5.38. The highest BCUT2D eigenvalue weighted by Gasteiger charge is 2.12. The Labute approximate surface area is 141 Å². The van der Waals surface area contributed by atoms with Crippen molar-refractivity contribution in [1.29, 1.82) is 0 Å². The summed E-state index contributed by atoms with van der Waals surface area (Å²) < 4.78 is 10.7. The van der Waals surface area contributed by atoms with Crippen molar-refractivity contribution in [3.63, 3.8) is 0 Å². The topological polar surface area (TPSA) is 67.8 Å². The average molecular weight is 326 g/mol. The van der Waals surface area contributed by atoms with E-state index in [0.717, 1.165) is 48.2 Å². The standard InChI is InChI=1S/C18H22N4O2/c1-2-19-18(21-10-8-15-5-3-4-9-20-15)22-12-14-6-7-16-17(11-14)24-13-23-16/h3-7,9,11H,2,8,10,12-13H2,1H3,(H2,19,21,22). The van der Waals surface area contributed by atoms with E-state index in [9.17, 15) is 0 Å². The van der Waals surface area contributed by atoms with Gasteiger partial charge in [-0.15, -0.1) is 0 Å². The number of fused-ring (bicyclic) bond motifs is 1. The summed E-state index contributed by atoms with van der Waals surface area (Å²) >= 11 is 0. The Morgan fingerprint density at radius 1 is 1.17 bits per heavy atom. The maximum atomic E-state index is 5.40. The van der Waals surface area contributed by atoms with Crippen molar-refractivity contribution in [2.24, 2.45) is 4.99 Å². The number of pyridine rings is 1. The Hall–Kier alpha value is -2.76. The van der Waals surface area contributed by atoms with Crippen LogP contribution in [0.4, 0.5) is 0 Å². The predicted molar refractivity (Wildman–Crippen MR) is 93.3 cm³/mol. The Kier molecular flexibility index (Phi) is 5.50. The Bertz CT molecular complexity index is 689. The molecule has 1 aliphatic rings. The Morgan fingerprint density at radius 2 is 2.08 bits per heavy atom. The fourth-order valence-electron chi connectivity index (χ4n) is 2.41. The quantitative estimate of drug-likeness (QED) is 0.629. The second-order valence-electron chi connectivity index (χ2n) is 5.38. The van der Waals surface area contributed by atoms with E-state index >= 15 is 0 Å². The molecule has 0 aliphatic carbocycles. The first-order chi connectivity index (χ1) is 11.8. The highest BCUT2D eigenvalue weighted by atomic mass is 16.7. The van der Waals surface area contributed by atoms with Crippen molar-refractivity contribution >= 4 is 5.96 Å². The monoisotopic (exact) mass is 326 g/mol. The molecule has 24 heavy (non-hydrogen) atoms. The number of hydrogen-bond acceptors (Lipinski definition) is 4. The van der Waals surface area contributed by atoms with E-state index in [-0.39, 0.29) is 0 Å². The van der Waals surface area contributed by atoms with Crippen LogP contribution in [0.15, 0.2) is 47.6 Å². The van der Waals surface area contributed by atoms with E-state index < -0.39 is 0 Å². The minimum absolute atomic E-state index is 0.291. The van der Waals surface area contributed by atoms with Crippen LogP contribution >= 0.6 is 0 Å². The third-order valence-corrected chi connectivity index (χ3v) is 3.60.